The molecule has 0 aliphatic rings. The highest BCUT2D eigenvalue weighted by molar-refractivity contribution is 5.71. The van der Waals surface area contributed by atoms with Crippen molar-refractivity contribution in [1.82, 2.24) is 10.1 Å². The van der Waals surface area contributed by atoms with Gasteiger partial charge < -0.3 is 15.0 Å². The van der Waals surface area contributed by atoms with Gasteiger partial charge >= 0.3 is 6.18 Å². The number of alkyl halides is 3. The van der Waals surface area contributed by atoms with E-state index in [2.05, 4.69) is 10.1 Å². The summed E-state index contributed by atoms with van der Waals surface area (Å²) in [6.45, 7) is 2.89. The molecule has 2 N–H and O–H groups in total. The average Bonchev–Trinajstić information content (AvgIpc) is 2.86. The van der Waals surface area contributed by atoms with E-state index in [1.165, 1.54) is 6.07 Å². The molecule has 0 aliphatic heterocycles. The minimum absolute atomic E-state index is 0.0650. The number of ether oxygens (including phenoxy) is 1. The first-order chi connectivity index (χ1) is 9.91. The largest absolute Gasteiger partial charge is 0.416 e. The van der Waals surface area contributed by atoms with Gasteiger partial charge in [0.05, 0.1) is 17.7 Å². The van der Waals surface area contributed by atoms with Gasteiger partial charge in [-0.25, -0.2) is 0 Å². The first-order valence-electron chi connectivity index (χ1n) is 6.29. The maximum atomic E-state index is 12.6. The lowest BCUT2D eigenvalue weighted by molar-refractivity contribution is -0.137. The second-order valence-corrected chi connectivity index (χ2v) is 4.26. The van der Waals surface area contributed by atoms with Crippen LogP contribution in [0, 0.1) is 0 Å². The third-order valence-corrected chi connectivity index (χ3v) is 2.75. The van der Waals surface area contributed by atoms with E-state index in [0.29, 0.717) is 25.5 Å². The number of nitrogen functional groups attached to an aromatic ring is 1. The second-order valence-electron chi connectivity index (χ2n) is 4.26. The van der Waals surface area contributed by atoms with Gasteiger partial charge in [-0.2, -0.15) is 18.2 Å². The van der Waals surface area contributed by atoms with Crippen LogP contribution in [0.4, 0.5) is 18.9 Å². The molecule has 1 aromatic carbocycles. The van der Waals surface area contributed by atoms with Crippen molar-refractivity contribution in [3.05, 3.63) is 29.6 Å². The zero-order valence-corrected chi connectivity index (χ0v) is 11.3. The molecule has 8 heteroatoms. The molecule has 114 valence electrons. The quantitative estimate of drug-likeness (QED) is 0.679. The Labute approximate surface area is 118 Å². The molecule has 0 saturated carbocycles. The summed E-state index contributed by atoms with van der Waals surface area (Å²) in [5, 5.41) is 3.73. The molecule has 2 rings (SSSR count). The average molecular weight is 301 g/mol. The van der Waals surface area contributed by atoms with Crippen molar-refractivity contribution in [2.45, 2.75) is 19.5 Å². The number of aromatic nitrogens is 2. The van der Waals surface area contributed by atoms with Crippen LogP contribution >= 0.6 is 0 Å². The first kappa shape index (κ1) is 15.3. The van der Waals surface area contributed by atoms with Crippen LogP contribution in [0.25, 0.3) is 11.5 Å². The summed E-state index contributed by atoms with van der Waals surface area (Å²) in [7, 11) is 0. The van der Waals surface area contributed by atoms with E-state index in [9.17, 15) is 13.2 Å². The molecule has 5 nitrogen and oxygen atoms in total. The van der Waals surface area contributed by atoms with Gasteiger partial charge in [0.25, 0.3) is 5.89 Å². The molecule has 1 heterocycles. The van der Waals surface area contributed by atoms with E-state index in [1.807, 2.05) is 6.92 Å². The van der Waals surface area contributed by atoms with Gasteiger partial charge in [0, 0.05) is 18.7 Å². The number of rotatable bonds is 5. The zero-order valence-electron chi connectivity index (χ0n) is 11.3. The summed E-state index contributed by atoms with van der Waals surface area (Å²) >= 11 is 0. The number of nitrogens with zero attached hydrogens (tertiary/aromatic N) is 2. The Morgan fingerprint density at radius 3 is 2.71 bits per heavy atom. The number of halogens is 3. The molecule has 1 aromatic heterocycles. The van der Waals surface area contributed by atoms with Gasteiger partial charge in [0.15, 0.2) is 5.82 Å². The Balaban J connectivity index is 2.19. The van der Waals surface area contributed by atoms with Crippen LogP contribution in [0.5, 0.6) is 0 Å². The fourth-order valence-electron chi connectivity index (χ4n) is 1.71. The van der Waals surface area contributed by atoms with Crippen molar-refractivity contribution < 1.29 is 22.4 Å². The third-order valence-electron chi connectivity index (χ3n) is 2.75. The second kappa shape index (κ2) is 6.13. The monoisotopic (exact) mass is 301 g/mol. The van der Waals surface area contributed by atoms with Crippen molar-refractivity contribution in [3.8, 4) is 11.5 Å². The van der Waals surface area contributed by atoms with Gasteiger partial charge in [0.2, 0.25) is 0 Å². The summed E-state index contributed by atoms with van der Waals surface area (Å²) < 4.78 is 47.8. The van der Waals surface area contributed by atoms with Crippen LogP contribution in [-0.2, 0) is 17.3 Å². The van der Waals surface area contributed by atoms with E-state index in [-0.39, 0.29) is 17.1 Å². The minimum atomic E-state index is -4.44. The molecule has 2 aromatic rings. The molecule has 0 fully saturated rings. The first-order valence-corrected chi connectivity index (χ1v) is 6.29. The maximum Gasteiger partial charge on any atom is 0.416 e. The number of benzene rings is 1. The van der Waals surface area contributed by atoms with Gasteiger partial charge in [-0.05, 0) is 25.1 Å². The van der Waals surface area contributed by atoms with E-state index in [0.717, 1.165) is 12.1 Å². The SMILES string of the molecule is CCOCCc1noc(-c2ccc(C(F)(F)F)cc2N)n1. The lowest BCUT2D eigenvalue weighted by Crippen LogP contribution is -2.06. The van der Waals surface area contributed by atoms with Gasteiger partial charge in [0.1, 0.15) is 0 Å². The molecule has 0 unspecified atom stereocenters. The van der Waals surface area contributed by atoms with Crippen molar-refractivity contribution in [2.24, 2.45) is 0 Å². The lowest BCUT2D eigenvalue weighted by Gasteiger charge is -2.08. The van der Waals surface area contributed by atoms with E-state index in [1.54, 1.807) is 0 Å². The molecular weight excluding hydrogens is 287 g/mol. The fourth-order valence-corrected chi connectivity index (χ4v) is 1.71. The smallest absolute Gasteiger partial charge is 0.398 e. The molecule has 0 bridgehead atoms. The highest BCUT2D eigenvalue weighted by Gasteiger charge is 2.31. The number of hydrogen-bond donors (Lipinski definition) is 1. The Morgan fingerprint density at radius 1 is 1.33 bits per heavy atom. The minimum Gasteiger partial charge on any atom is -0.398 e. The van der Waals surface area contributed by atoms with Crippen molar-refractivity contribution in [3.63, 3.8) is 0 Å². The molecule has 21 heavy (non-hydrogen) atoms. The van der Waals surface area contributed by atoms with Crippen molar-refractivity contribution in [1.29, 1.82) is 0 Å². The van der Waals surface area contributed by atoms with E-state index in [4.69, 9.17) is 15.0 Å². The molecule has 0 aliphatic carbocycles. The summed E-state index contributed by atoms with van der Waals surface area (Å²) in [6.07, 6.45) is -3.98. The standard InChI is InChI=1S/C13H14F3N3O2/c1-2-20-6-5-11-18-12(21-19-11)9-4-3-8(7-10(9)17)13(14,15)16/h3-4,7H,2,5-6,17H2,1H3. The summed E-state index contributed by atoms with van der Waals surface area (Å²) in [4.78, 5) is 4.09. The van der Waals surface area contributed by atoms with Crippen LogP contribution in [0.2, 0.25) is 0 Å². The molecule has 0 radical (unpaired) electrons. The summed E-state index contributed by atoms with van der Waals surface area (Å²) in [6, 6.07) is 2.99. The Morgan fingerprint density at radius 2 is 2.10 bits per heavy atom. The molecule has 0 saturated heterocycles. The highest BCUT2D eigenvalue weighted by Crippen LogP contribution is 2.34. The van der Waals surface area contributed by atoms with Crippen molar-refractivity contribution in [2.75, 3.05) is 18.9 Å². The Kier molecular flexibility index (Phi) is 4.46. The van der Waals surface area contributed by atoms with Crippen molar-refractivity contribution >= 4 is 5.69 Å². The molecule has 0 amide bonds. The van der Waals surface area contributed by atoms with Crippen LogP contribution in [0.15, 0.2) is 22.7 Å². The predicted octanol–water partition coefficient (Wildman–Crippen LogP) is 2.92. The molecule has 0 atom stereocenters. The number of hydrogen-bond acceptors (Lipinski definition) is 5. The Bertz CT molecular complexity index is 611. The summed E-state index contributed by atoms with van der Waals surface area (Å²) in [5.74, 6) is 0.505. The lowest BCUT2D eigenvalue weighted by atomic mass is 10.1. The molecular formula is C13H14F3N3O2. The highest BCUT2D eigenvalue weighted by atomic mass is 19.4. The van der Waals surface area contributed by atoms with Gasteiger partial charge in [-0.3, -0.25) is 0 Å². The van der Waals surface area contributed by atoms with Crippen LogP contribution < -0.4 is 5.73 Å². The predicted molar refractivity (Wildman–Crippen MR) is 69.3 cm³/mol. The number of anilines is 1. The fraction of sp³-hybridized carbons (Fsp3) is 0.385. The normalized spacial score (nSPS) is 11.8. The van der Waals surface area contributed by atoms with Crippen LogP contribution in [0.3, 0.4) is 0 Å². The van der Waals surface area contributed by atoms with E-state index < -0.39 is 11.7 Å². The zero-order chi connectivity index (χ0) is 15.5. The van der Waals surface area contributed by atoms with Gasteiger partial charge in [-0.15, -0.1) is 0 Å². The third kappa shape index (κ3) is 3.72. The summed E-state index contributed by atoms with van der Waals surface area (Å²) in [5.41, 5.74) is 5.02. The maximum absolute atomic E-state index is 12.6. The Hall–Kier alpha value is -2.09. The topological polar surface area (TPSA) is 74.2 Å². The van der Waals surface area contributed by atoms with E-state index >= 15 is 0 Å². The van der Waals surface area contributed by atoms with Crippen LogP contribution in [0.1, 0.15) is 18.3 Å². The number of nitrogens with two attached hydrogens (primary N) is 1. The van der Waals surface area contributed by atoms with Gasteiger partial charge in [-0.1, -0.05) is 5.16 Å². The van der Waals surface area contributed by atoms with Crippen LogP contribution in [-0.4, -0.2) is 23.4 Å². The molecule has 0 spiro atoms.